The molecule has 16 heavy (non-hydrogen) atoms. The maximum Gasteiger partial charge on any atom is 0.155 e. The predicted molar refractivity (Wildman–Crippen MR) is 62.8 cm³/mol. The molecule has 3 rings (SSSR count). The van der Waals surface area contributed by atoms with E-state index in [-0.39, 0.29) is 5.38 Å². The van der Waals surface area contributed by atoms with E-state index in [0.29, 0.717) is 5.92 Å². The van der Waals surface area contributed by atoms with Crippen molar-refractivity contribution in [1.29, 1.82) is 0 Å². The summed E-state index contributed by atoms with van der Waals surface area (Å²) in [5.41, 5.74) is 0. The first-order valence-corrected chi connectivity index (χ1v) is 6.55. The molecule has 0 bridgehead atoms. The van der Waals surface area contributed by atoms with Gasteiger partial charge in [-0.2, -0.15) is 5.10 Å². The summed E-state index contributed by atoms with van der Waals surface area (Å²) in [5.74, 6) is 2.64. The molecule has 0 spiro atoms. The van der Waals surface area contributed by atoms with Crippen LogP contribution in [0.5, 0.6) is 0 Å². The average molecular weight is 241 g/mol. The standard InChI is InChI=1S/C11H17ClN4/c12-9-3-4-10-14-11(15-16(10)7-9)8-2-1-5-13-6-8/h8-9,13H,1-7H2. The van der Waals surface area contributed by atoms with Crippen LogP contribution in [-0.4, -0.2) is 33.2 Å². The van der Waals surface area contributed by atoms with Gasteiger partial charge in [0.15, 0.2) is 5.82 Å². The van der Waals surface area contributed by atoms with Crippen LogP contribution in [0.25, 0.3) is 0 Å². The first-order chi connectivity index (χ1) is 7.83. The zero-order valence-electron chi connectivity index (χ0n) is 9.32. The molecule has 2 aliphatic rings. The highest BCUT2D eigenvalue weighted by molar-refractivity contribution is 6.20. The number of hydrogen-bond acceptors (Lipinski definition) is 3. The molecular weight excluding hydrogens is 224 g/mol. The molecule has 4 nitrogen and oxygen atoms in total. The van der Waals surface area contributed by atoms with Gasteiger partial charge in [0.25, 0.3) is 0 Å². The molecule has 1 N–H and O–H groups in total. The summed E-state index contributed by atoms with van der Waals surface area (Å²) in [5, 5.41) is 8.24. The topological polar surface area (TPSA) is 42.7 Å². The van der Waals surface area contributed by atoms with Crippen LogP contribution >= 0.6 is 11.6 Å². The molecule has 0 aliphatic carbocycles. The molecule has 1 aromatic rings. The Morgan fingerprint density at radius 2 is 2.31 bits per heavy atom. The van der Waals surface area contributed by atoms with Gasteiger partial charge in [-0.15, -0.1) is 11.6 Å². The Hall–Kier alpha value is -0.610. The first kappa shape index (κ1) is 10.5. The zero-order chi connectivity index (χ0) is 11.0. The number of rotatable bonds is 1. The number of nitrogens with zero attached hydrogens (tertiary/aromatic N) is 3. The number of halogens is 1. The van der Waals surface area contributed by atoms with E-state index in [1.807, 2.05) is 4.68 Å². The van der Waals surface area contributed by atoms with Crippen molar-refractivity contribution >= 4 is 11.6 Å². The van der Waals surface area contributed by atoms with Gasteiger partial charge in [-0.3, -0.25) is 0 Å². The van der Waals surface area contributed by atoms with E-state index in [2.05, 4.69) is 15.4 Å². The molecule has 0 aromatic carbocycles. The van der Waals surface area contributed by atoms with E-state index in [9.17, 15) is 0 Å². The highest BCUT2D eigenvalue weighted by atomic mass is 35.5. The third-order valence-electron chi connectivity index (χ3n) is 3.48. The number of fused-ring (bicyclic) bond motifs is 1. The molecule has 0 radical (unpaired) electrons. The van der Waals surface area contributed by atoms with Gasteiger partial charge in [0.2, 0.25) is 0 Å². The lowest BCUT2D eigenvalue weighted by molar-refractivity contribution is 0.439. The van der Waals surface area contributed by atoms with Crippen LogP contribution in [0, 0.1) is 0 Å². The predicted octanol–water partition coefficient (Wildman–Crippen LogP) is 1.30. The second-order valence-electron chi connectivity index (χ2n) is 4.75. The summed E-state index contributed by atoms with van der Waals surface area (Å²) in [4.78, 5) is 4.66. The Labute approximate surface area is 100 Å². The molecule has 5 heteroatoms. The largest absolute Gasteiger partial charge is 0.316 e. The van der Waals surface area contributed by atoms with E-state index < -0.39 is 0 Å². The summed E-state index contributed by atoms with van der Waals surface area (Å²) in [6.07, 6.45) is 4.44. The molecule has 0 amide bonds. The fraction of sp³-hybridized carbons (Fsp3) is 0.818. The quantitative estimate of drug-likeness (QED) is 0.753. The minimum atomic E-state index is 0.228. The number of aromatic nitrogens is 3. The van der Waals surface area contributed by atoms with Crippen LogP contribution in [0.3, 0.4) is 0 Å². The molecule has 2 aliphatic heterocycles. The van der Waals surface area contributed by atoms with Crippen molar-refractivity contribution in [3.63, 3.8) is 0 Å². The maximum absolute atomic E-state index is 6.14. The number of nitrogens with one attached hydrogen (secondary N) is 1. The van der Waals surface area contributed by atoms with Gasteiger partial charge in [0.05, 0.1) is 11.9 Å². The van der Waals surface area contributed by atoms with Crippen LogP contribution in [0.2, 0.25) is 0 Å². The number of alkyl halides is 1. The second kappa shape index (κ2) is 4.34. The summed E-state index contributed by atoms with van der Waals surface area (Å²) in [6, 6.07) is 0. The van der Waals surface area contributed by atoms with Crippen molar-refractivity contribution in [1.82, 2.24) is 20.1 Å². The van der Waals surface area contributed by atoms with Gasteiger partial charge >= 0.3 is 0 Å². The molecule has 2 atom stereocenters. The molecule has 1 aromatic heterocycles. The lowest BCUT2D eigenvalue weighted by atomic mass is 9.99. The van der Waals surface area contributed by atoms with E-state index in [1.165, 1.54) is 12.8 Å². The smallest absolute Gasteiger partial charge is 0.155 e. The zero-order valence-corrected chi connectivity index (χ0v) is 10.1. The molecule has 2 unspecified atom stereocenters. The maximum atomic E-state index is 6.14. The average Bonchev–Trinajstić information content (AvgIpc) is 2.73. The van der Waals surface area contributed by atoms with E-state index in [0.717, 1.165) is 44.1 Å². The second-order valence-corrected chi connectivity index (χ2v) is 5.36. The number of hydrogen-bond donors (Lipinski definition) is 1. The van der Waals surface area contributed by atoms with E-state index >= 15 is 0 Å². The van der Waals surface area contributed by atoms with Crippen molar-refractivity contribution in [2.24, 2.45) is 0 Å². The summed E-state index contributed by atoms with van der Waals surface area (Å²) in [7, 11) is 0. The Morgan fingerprint density at radius 1 is 1.38 bits per heavy atom. The van der Waals surface area contributed by atoms with Crippen LogP contribution in [0.4, 0.5) is 0 Å². The van der Waals surface area contributed by atoms with Gasteiger partial charge in [0.1, 0.15) is 5.82 Å². The third kappa shape index (κ3) is 1.96. The fourth-order valence-electron chi connectivity index (χ4n) is 2.53. The van der Waals surface area contributed by atoms with Gasteiger partial charge < -0.3 is 5.32 Å². The lowest BCUT2D eigenvalue weighted by Crippen LogP contribution is -2.29. The minimum Gasteiger partial charge on any atom is -0.316 e. The number of piperidine rings is 1. The van der Waals surface area contributed by atoms with Gasteiger partial charge in [-0.25, -0.2) is 9.67 Å². The van der Waals surface area contributed by atoms with Gasteiger partial charge in [-0.1, -0.05) is 0 Å². The SMILES string of the molecule is ClC1CCc2nc(C3CCCNC3)nn2C1. The highest BCUT2D eigenvalue weighted by Gasteiger charge is 2.24. The van der Waals surface area contributed by atoms with Crippen LogP contribution < -0.4 is 5.32 Å². The summed E-state index contributed by atoms with van der Waals surface area (Å²) < 4.78 is 2.01. The fourth-order valence-corrected chi connectivity index (χ4v) is 2.77. The van der Waals surface area contributed by atoms with Gasteiger partial charge in [-0.05, 0) is 25.8 Å². The first-order valence-electron chi connectivity index (χ1n) is 6.11. The minimum absolute atomic E-state index is 0.228. The van der Waals surface area contributed by atoms with Crippen molar-refractivity contribution in [2.75, 3.05) is 13.1 Å². The Kier molecular flexibility index (Phi) is 2.86. The molecule has 3 heterocycles. The Morgan fingerprint density at radius 3 is 3.12 bits per heavy atom. The molecular formula is C11H17ClN4. The number of aryl methyl sites for hydroxylation is 1. The molecule has 88 valence electrons. The van der Waals surface area contributed by atoms with Crippen molar-refractivity contribution in [3.8, 4) is 0 Å². The summed E-state index contributed by atoms with van der Waals surface area (Å²) in [6.45, 7) is 2.98. The highest BCUT2D eigenvalue weighted by Crippen LogP contribution is 2.23. The van der Waals surface area contributed by atoms with Crippen LogP contribution in [0.15, 0.2) is 0 Å². The van der Waals surface area contributed by atoms with E-state index in [4.69, 9.17) is 11.6 Å². The lowest BCUT2D eigenvalue weighted by Gasteiger charge is -2.19. The van der Waals surface area contributed by atoms with Crippen molar-refractivity contribution in [3.05, 3.63) is 11.6 Å². The third-order valence-corrected chi connectivity index (χ3v) is 3.84. The Balaban J connectivity index is 1.80. The summed E-state index contributed by atoms with van der Waals surface area (Å²) >= 11 is 6.14. The van der Waals surface area contributed by atoms with Gasteiger partial charge in [0, 0.05) is 18.9 Å². The normalized spacial score (nSPS) is 30.1. The molecule has 0 saturated carbocycles. The van der Waals surface area contributed by atoms with Crippen LogP contribution in [-0.2, 0) is 13.0 Å². The van der Waals surface area contributed by atoms with Crippen molar-refractivity contribution < 1.29 is 0 Å². The molecule has 1 fully saturated rings. The Bertz CT molecular complexity index is 370. The van der Waals surface area contributed by atoms with Crippen molar-refractivity contribution in [2.45, 2.75) is 43.5 Å². The molecule has 1 saturated heterocycles. The van der Waals surface area contributed by atoms with Crippen LogP contribution in [0.1, 0.15) is 36.8 Å². The van der Waals surface area contributed by atoms with E-state index in [1.54, 1.807) is 0 Å². The monoisotopic (exact) mass is 240 g/mol.